The van der Waals surface area contributed by atoms with Gasteiger partial charge in [-0.15, -0.1) is 0 Å². The molecule has 0 unspecified atom stereocenters. The predicted octanol–water partition coefficient (Wildman–Crippen LogP) is 2.85. The van der Waals surface area contributed by atoms with Gasteiger partial charge < -0.3 is 15.2 Å². The Balaban J connectivity index is 2.11. The molecule has 0 bridgehead atoms. The topological polar surface area (TPSA) is 75.6 Å². The first-order valence-electron chi connectivity index (χ1n) is 6.66. The molecule has 0 fully saturated rings. The van der Waals surface area contributed by atoms with Gasteiger partial charge in [-0.3, -0.25) is 4.79 Å². The number of nitrogens with one attached hydrogen (secondary N) is 1. The van der Waals surface area contributed by atoms with Gasteiger partial charge in [-0.25, -0.2) is 4.79 Å². The molecule has 2 aromatic carbocycles. The van der Waals surface area contributed by atoms with Crippen molar-refractivity contribution in [3.8, 4) is 5.75 Å². The summed E-state index contributed by atoms with van der Waals surface area (Å²) in [6, 6.07) is 10.8. The molecule has 0 heterocycles. The molecule has 0 spiro atoms. The van der Waals surface area contributed by atoms with E-state index in [1.54, 1.807) is 12.1 Å². The SMILES string of the molecule is CC(C)(NC(=O)COc1ccc(Cl)c2ccccc12)C(=O)O. The Morgan fingerprint density at radius 1 is 1.18 bits per heavy atom. The van der Waals surface area contributed by atoms with Crippen LogP contribution in [0.3, 0.4) is 0 Å². The molecule has 0 aromatic heterocycles. The fourth-order valence-electron chi connectivity index (χ4n) is 1.94. The van der Waals surface area contributed by atoms with Crippen LogP contribution < -0.4 is 10.1 Å². The molecule has 0 aliphatic heterocycles. The Hall–Kier alpha value is -2.27. The highest BCUT2D eigenvalue weighted by molar-refractivity contribution is 6.35. The molecular weight excluding hydrogens is 306 g/mol. The van der Waals surface area contributed by atoms with Gasteiger partial charge in [0.2, 0.25) is 0 Å². The standard InChI is InChI=1S/C16H16ClNO4/c1-16(2,15(20)21)18-14(19)9-22-13-8-7-12(17)10-5-3-4-6-11(10)13/h3-8H,9H2,1-2H3,(H,18,19)(H,20,21). The maximum atomic E-state index is 11.8. The predicted molar refractivity (Wildman–Crippen MR) is 84.3 cm³/mol. The van der Waals surface area contributed by atoms with Crippen molar-refractivity contribution in [1.82, 2.24) is 5.32 Å². The molecular formula is C16H16ClNO4. The minimum absolute atomic E-state index is 0.275. The average Bonchev–Trinajstić information content (AvgIpc) is 2.46. The molecule has 6 heteroatoms. The number of ether oxygens (including phenoxy) is 1. The maximum Gasteiger partial charge on any atom is 0.328 e. The second-order valence-corrected chi connectivity index (χ2v) is 5.77. The van der Waals surface area contributed by atoms with Gasteiger partial charge in [0, 0.05) is 15.8 Å². The van der Waals surface area contributed by atoms with E-state index in [-0.39, 0.29) is 6.61 Å². The number of carbonyl (C=O) groups excluding carboxylic acids is 1. The van der Waals surface area contributed by atoms with Gasteiger partial charge in [-0.1, -0.05) is 35.9 Å². The van der Waals surface area contributed by atoms with E-state index in [4.69, 9.17) is 21.4 Å². The van der Waals surface area contributed by atoms with E-state index in [1.807, 2.05) is 24.3 Å². The second-order valence-electron chi connectivity index (χ2n) is 5.36. The Bertz CT molecular complexity index is 727. The van der Waals surface area contributed by atoms with E-state index in [9.17, 15) is 9.59 Å². The molecule has 1 amide bonds. The zero-order valence-electron chi connectivity index (χ0n) is 12.2. The van der Waals surface area contributed by atoms with Crippen LogP contribution >= 0.6 is 11.6 Å². The number of halogens is 1. The lowest BCUT2D eigenvalue weighted by atomic mass is 10.1. The fraction of sp³-hybridized carbons (Fsp3) is 0.250. The minimum Gasteiger partial charge on any atom is -0.483 e. The Kier molecular flexibility index (Phi) is 4.56. The van der Waals surface area contributed by atoms with E-state index in [1.165, 1.54) is 13.8 Å². The molecule has 2 aromatic rings. The third-order valence-electron chi connectivity index (χ3n) is 3.18. The van der Waals surface area contributed by atoms with Crippen LogP contribution in [-0.4, -0.2) is 29.1 Å². The number of carbonyl (C=O) groups is 2. The van der Waals surface area contributed by atoms with Crippen molar-refractivity contribution in [2.45, 2.75) is 19.4 Å². The highest BCUT2D eigenvalue weighted by Gasteiger charge is 2.28. The largest absolute Gasteiger partial charge is 0.483 e. The lowest BCUT2D eigenvalue weighted by molar-refractivity contribution is -0.146. The monoisotopic (exact) mass is 321 g/mol. The third-order valence-corrected chi connectivity index (χ3v) is 3.51. The molecule has 0 saturated heterocycles. The van der Waals surface area contributed by atoms with Gasteiger partial charge in [-0.2, -0.15) is 0 Å². The van der Waals surface area contributed by atoms with Crippen LogP contribution in [0.1, 0.15) is 13.8 Å². The molecule has 2 rings (SSSR count). The number of hydrogen-bond acceptors (Lipinski definition) is 3. The van der Waals surface area contributed by atoms with Crippen molar-refractivity contribution in [3.63, 3.8) is 0 Å². The summed E-state index contributed by atoms with van der Waals surface area (Å²) in [5.74, 6) is -1.10. The number of hydrogen-bond donors (Lipinski definition) is 2. The number of carboxylic acid groups (broad SMARTS) is 1. The zero-order chi connectivity index (χ0) is 16.3. The molecule has 0 atom stereocenters. The summed E-state index contributed by atoms with van der Waals surface area (Å²) in [5.41, 5.74) is -1.34. The Morgan fingerprint density at radius 2 is 1.82 bits per heavy atom. The van der Waals surface area contributed by atoms with Crippen molar-refractivity contribution in [3.05, 3.63) is 41.4 Å². The van der Waals surface area contributed by atoms with Crippen LogP contribution in [0.2, 0.25) is 5.02 Å². The first-order chi connectivity index (χ1) is 10.3. The van der Waals surface area contributed by atoms with Crippen LogP contribution in [0, 0.1) is 0 Å². The summed E-state index contributed by atoms with van der Waals surface area (Å²) in [7, 11) is 0. The Labute approximate surface area is 132 Å². The van der Waals surface area contributed by atoms with Gasteiger partial charge in [0.1, 0.15) is 11.3 Å². The van der Waals surface area contributed by atoms with Crippen LogP contribution in [0.15, 0.2) is 36.4 Å². The van der Waals surface area contributed by atoms with Crippen LogP contribution in [-0.2, 0) is 9.59 Å². The lowest BCUT2D eigenvalue weighted by Gasteiger charge is -2.21. The highest BCUT2D eigenvalue weighted by Crippen LogP contribution is 2.31. The number of rotatable bonds is 5. The zero-order valence-corrected chi connectivity index (χ0v) is 13.0. The second kappa shape index (κ2) is 6.23. The summed E-state index contributed by atoms with van der Waals surface area (Å²) in [6.07, 6.45) is 0. The van der Waals surface area contributed by atoms with Crippen molar-refractivity contribution in [1.29, 1.82) is 0 Å². The minimum atomic E-state index is -1.34. The number of carboxylic acids is 1. The van der Waals surface area contributed by atoms with E-state index in [0.717, 1.165) is 10.8 Å². The molecule has 5 nitrogen and oxygen atoms in total. The summed E-state index contributed by atoms with van der Waals surface area (Å²) >= 11 is 6.11. The molecule has 22 heavy (non-hydrogen) atoms. The number of benzene rings is 2. The number of amides is 1. The van der Waals surface area contributed by atoms with Gasteiger partial charge in [0.25, 0.3) is 5.91 Å². The molecule has 0 aliphatic carbocycles. The van der Waals surface area contributed by atoms with Gasteiger partial charge in [0.15, 0.2) is 6.61 Å². The fourth-order valence-corrected chi connectivity index (χ4v) is 2.17. The van der Waals surface area contributed by atoms with E-state index in [0.29, 0.717) is 10.8 Å². The van der Waals surface area contributed by atoms with E-state index >= 15 is 0 Å². The molecule has 0 radical (unpaired) electrons. The molecule has 116 valence electrons. The van der Waals surface area contributed by atoms with Crippen molar-refractivity contribution < 1.29 is 19.4 Å². The van der Waals surface area contributed by atoms with Gasteiger partial charge in [0.05, 0.1) is 0 Å². The molecule has 2 N–H and O–H groups in total. The summed E-state index contributed by atoms with van der Waals surface area (Å²) in [4.78, 5) is 22.8. The van der Waals surface area contributed by atoms with Crippen LogP contribution in [0.25, 0.3) is 10.8 Å². The average molecular weight is 322 g/mol. The quantitative estimate of drug-likeness (QED) is 0.888. The van der Waals surface area contributed by atoms with Gasteiger partial charge >= 0.3 is 5.97 Å². The number of fused-ring (bicyclic) bond motifs is 1. The smallest absolute Gasteiger partial charge is 0.328 e. The summed E-state index contributed by atoms with van der Waals surface area (Å²) in [5, 5.41) is 13.6. The number of aliphatic carboxylic acids is 1. The van der Waals surface area contributed by atoms with Crippen molar-refractivity contribution >= 4 is 34.2 Å². The van der Waals surface area contributed by atoms with Crippen LogP contribution in [0.4, 0.5) is 0 Å². The highest BCUT2D eigenvalue weighted by atomic mass is 35.5. The van der Waals surface area contributed by atoms with Gasteiger partial charge in [-0.05, 0) is 26.0 Å². The van der Waals surface area contributed by atoms with Crippen molar-refractivity contribution in [2.24, 2.45) is 0 Å². The Morgan fingerprint density at radius 3 is 2.45 bits per heavy atom. The normalized spacial score (nSPS) is 11.2. The third kappa shape index (κ3) is 3.49. The van der Waals surface area contributed by atoms with Crippen molar-refractivity contribution in [2.75, 3.05) is 6.61 Å². The van der Waals surface area contributed by atoms with E-state index < -0.39 is 17.4 Å². The first-order valence-corrected chi connectivity index (χ1v) is 7.03. The maximum absolute atomic E-state index is 11.8. The lowest BCUT2D eigenvalue weighted by Crippen LogP contribution is -2.51. The summed E-state index contributed by atoms with van der Waals surface area (Å²) < 4.78 is 5.50. The first kappa shape index (κ1) is 16.1. The summed E-state index contributed by atoms with van der Waals surface area (Å²) in [6.45, 7) is 2.54. The van der Waals surface area contributed by atoms with E-state index in [2.05, 4.69) is 5.32 Å². The molecule has 0 saturated carbocycles. The molecule has 0 aliphatic rings. The van der Waals surface area contributed by atoms with Crippen LogP contribution in [0.5, 0.6) is 5.75 Å².